The van der Waals surface area contributed by atoms with Crippen LogP contribution in [-0.4, -0.2) is 29.6 Å². The summed E-state index contributed by atoms with van der Waals surface area (Å²) in [5, 5.41) is 0. The molecule has 0 amide bonds. The molecule has 0 bridgehead atoms. The zero-order chi connectivity index (χ0) is 9.56. The molecule has 0 aromatic heterocycles. The van der Waals surface area contributed by atoms with Crippen molar-refractivity contribution in [2.45, 2.75) is 12.5 Å². The molecule has 0 saturated carbocycles. The molecule has 70 valence electrons. The molecule has 0 aromatic rings. The summed E-state index contributed by atoms with van der Waals surface area (Å²) < 4.78 is 31.7. The Balaban J connectivity index is 4.08. The highest BCUT2D eigenvalue weighted by Gasteiger charge is 2.31. The largest absolute Gasteiger partial charge is 0.452 e. The third kappa shape index (κ3) is 3.79. The molecule has 0 aliphatic heterocycles. The summed E-state index contributed by atoms with van der Waals surface area (Å²) >= 11 is 1.66. The van der Waals surface area contributed by atoms with E-state index in [0.717, 1.165) is 0 Å². The lowest BCUT2D eigenvalue weighted by atomic mass is 10.4. The second kappa shape index (κ2) is 6.09. The first kappa shape index (κ1) is 11.5. The molecule has 0 heterocycles. The second-order valence-electron chi connectivity index (χ2n) is 1.56. The Labute approximate surface area is 80.3 Å². The molecule has 0 aliphatic carbocycles. The summed E-state index contributed by atoms with van der Waals surface area (Å²) in [7, 11) is 0. The molecule has 7 heteroatoms. The highest BCUT2D eigenvalue weighted by atomic mass is 127. The van der Waals surface area contributed by atoms with Gasteiger partial charge >= 0.3 is 5.97 Å². The predicted octanol–water partition coefficient (Wildman–Crippen LogP) is 0.729. The molecule has 12 heavy (non-hydrogen) atoms. The molecule has 0 aromatic carbocycles. The van der Waals surface area contributed by atoms with Crippen LogP contribution < -0.4 is 0 Å². The van der Waals surface area contributed by atoms with Gasteiger partial charge in [-0.1, -0.05) is 0 Å². The van der Waals surface area contributed by atoms with Crippen molar-refractivity contribution in [1.82, 2.24) is 0 Å². The average molecular weight is 294 g/mol. The van der Waals surface area contributed by atoms with Crippen LogP contribution in [0.5, 0.6) is 0 Å². The van der Waals surface area contributed by atoms with Crippen LogP contribution >= 0.6 is 22.6 Å². The standard InChI is InChI=1S/C5H5F2IO4/c6-4(7)3(12-2-9)5(10)11-1-8/h2-4H,1H2. The lowest BCUT2D eigenvalue weighted by Gasteiger charge is -2.11. The number of hydrogen-bond acceptors (Lipinski definition) is 4. The van der Waals surface area contributed by atoms with Crippen molar-refractivity contribution in [2.75, 3.05) is 4.61 Å². The maximum atomic E-state index is 11.9. The molecule has 0 aliphatic rings. The molecular weight excluding hydrogens is 289 g/mol. The van der Waals surface area contributed by atoms with Crippen molar-refractivity contribution in [2.24, 2.45) is 0 Å². The number of ether oxygens (including phenoxy) is 2. The first-order valence-corrected chi connectivity index (χ1v) is 4.26. The van der Waals surface area contributed by atoms with Crippen molar-refractivity contribution >= 4 is 35.0 Å². The van der Waals surface area contributed by atoms with E-state index in [1.807, 2.05) is 0 Å². The Morgan fingerprint density at radius 3 is 2.50 bits per heavy atom. The molecule has 0 saturated heterocycles. The Kier molecular flexibility index (Phi) is 5.85. The molecule has 0 rings (SSSR count). The fourth-order valence-electron chi connectivity index (χ4n) is 0.414. The lowest BCUT2D eigenvalue weighted by Crippen LogP contribution is -2.32. The van der Waals surface area contributed by atoms with Crippen LogP contribution in [0.25, 0.3) is 0 Å². The Hall–Kier alpha value is -0.470. The van der Waals surface area contributed by atoms with Gasteiger partial charge in [-0.2, -0.15) is 0 Å². The minimum atomic E-state index is -3.06. The van der Waals surface area contributed by atoms with E-state index in [4.69, 9.17) is 0 Å². The number of alkyl halides is 3. The van der Waals surface area contributed by atoms with Crippen molar-refractivity contribution in [3.63, 3.8) is 0 Å². The zero-order valence-electron chi connectivity index (χ0n) is 5.71. The maximum Gasteiger partial charge on any atom is 0.354 e. The number of carbonyl (C=O) groups excluding carboxylic acids is 2. The molecule has 4 nitrogen and oxygen atoms in total. The predicted molar refractivity (Wildman–Crippen MR) is 41.9 cm³/mol. The molecule has 1 atom stereocenters. The minimum absolute atomic E-state index is 0.0674. The van der Waals surface area contributed by atoms with E-state index in [0.29, 0.717) is 0 Å². The summed E-state index contributed by atoms with van der Waals surface area (Å²) in [5.41, 5.74) is 0. The quantitative estimate of drug-likeness (QED) is 0.325. The van der Waals surface area contributed by atoms with E-state index >= 15 is 0 Å². The highest BCUT2D eigenvalue weighted by Crippen LogP contribution is 2.07. The van der Waals surface area contributed by atoms with Crippen LogP contribution in [0, 0.1) is 0 Å². The zero-order valence-corrected chi connectivity index (χ0v) is 7.86. The van der Waals surface area contributed by atoms with Crippen molar-refractivity contribution < 1.29 is 27.8 Å². The van der Waals surface area contributed by atoms with E-state index in [9.17, 15) is 18.4 Å². The number of halogens is 3. The molecule has 0 fully saturated rings. The monoisotopic (exact) mass is 294 g/mol. The third-order valence-corrected chi connectivity index (χ3v) is 1.17. The molecular formula is C5H5F2IO4. The van der Waals surface area contributed by atoms with Crippen molar-refractivity contribution in [1.29, 1.82) is 0 Å². The summed E-state index contributed by atoms with van der Waals surface area (Å²) in [6.45, 7) is -0.217. The fourth-order valence-corrected chi connectivity index (χ4v) is 0.720. The van der Waals surface area contributed by atoms with Crippen molar-refractivity contribution in [3.8, 4) is 0 Å². The maximum absolute atomic E-state index is 11.9. The van der Waals surface area contributed by atoms with Crippen LogP contribution in [0.4, 0.5) is 8.78 Å². The Bertz CT molecular complexity index is 164. The Morgan fingerprint density at radius 1 is 1.58 bits per heavy atom. The number of rotatable bonds is 5. The highest BCUT2D eigenvalue weighted by molar-refractivity contribution is 14.1. The first-order valence-electron chi connectivity index (χ1n) is 2.73. The third-order valence-electron chi connectivity index (χ3n) is 0.860. The average Bonchev–Trinajstić information content (AvgIpc) is 1.99. The van der Waals surface area contributed by atoms with Crippen molar-refractivity contribution in [3.05, 3.63) is 0 Å². The lowest BCUT2D eigenvalue weighted by molar-refractivity contribution is -0.169. The second-order valence-corrected chi connectivity index (χ2v) is 2.18. The van der Waals surface area contributed by atoms with Gasteiger partial charge in [0.05, 0.1) is 0 Å². The van der Waals surface area contributed by atoms with Crippen LogP contribution in [0.15, 0.2) is 0 Å². The van der Waals surface area contributed by atoms with Gasteiger partial charge in [-0.25, -0.2) is 13.6 Å². The van der Waals surface area contributed by atoms with Crippen LogP contribution in [0.3, 0.4) is 0 Å². The van der Waals surface area contributed by atoms with Gasteiger partial charge in [0.1, 0.15) is 4.61 Å². The van der Waals surface area contributed by atoms with Crippen LogP contribution in [-0.2, 0) is 19.1 Å². The molecule has 0 N–H and O–H groups in total. The van der Waals surface area contributed by atoms with Crippen LogP contribution in [0.1, 0.15) is 0 Å². The summed E-state index contributed by atoms with van der Waals surface area (Å²) in [6.07, 6.45) is -5.18. The first-order chi connectivity index (χ1) is 5.63. The summed E-state index contributed by atoms with van der Waals surface area (Å²) in [4.78, 5) is 20.2. The van der Waals surface area contributed by atoms with Gasteiger partial charge in [-0.3, -0.25) is 4.79 Å². The van der Waals surface area contributed by atoms with E-state index in [1.54, 1.807) is 22.6 Å². The van der Waals surface area contributed by atoms with Gasteiger partial charge in [0, 0.05) is 0 Å². The fraction of sp³-hybridized carbons (Fsp3) is 0.600. The normalized spacial score (nSPS) is 12.3. The van der Waals surface area contributed by atoms with Gasteiger partial charge in [0.25, 0.3) is 19.0 Å². The van der Waals surface area contributed by atoms with E-state index in [-0.39, 0.29) is 11.1 Å². The number of carbonyl (C=O) groups is 2. The smallest absolute Gasteiger partial charge is 0.354 e. The summed E-state index contributed by atoms with van der Waals surface area (Å²) in [5.74, 6) is -1.24. The van der Waals surface area contributed by atoms with E-state index < -0.39 is 18.5 Å². The minimum Gasteiger partial charge on any atom is -0.452 e. The van der Waals surface area contributed by atoms with Gasteiger partial charge in [0.15, 0.2) is 0 Å². The topological polar surface area (TPSA) is 52.6 Å². The van der Waals surface area contributed by atoms with Gasteiger partial charge in [0.2, 0.25) is 0 Å². The summed E-state index contributed by atoms with van der Waals surface area (Å²) in [6, 6.07) is 0. The van der Waals surface area contributed by atoms with Gasteiger partial charge in [-0.05, 0) is 22.6 Å². The van der Waals surface area contributed by atoms with E-state index in [1.165, 1.54) is 0 Å². The molecule has 0 radical (unpaired) electrons. The number of esters is 1. The molecule has 0 spiro atoms. The Morgan fingerprint density at radius 2 is 2.17 bits per heavy atom. The number of hydrogen-bond donors (Lipinski definition) is 0. The molecule has 1 unspecified atom stereocenters. The van der Waals surface area contributed by atoms with Gasteiger partial charge in [-0.15, -0.1) is 0 Å². The van der Waals surface area contributed by atoms with E-state index in [2.05, 4.69) is 9.47 Å². The van der Waals surface area contributed by atoms with Gasteiger partial charge < -0.3 is 9.47 Å². The van der Waals surface area contributed by atoms with Crippen LogP contribution in [0.2, 0.25) is 0 Å². The SMILES string of the molecule is O=COC(C(=O)OCI)C(F)F.